The molecule has 2 heterocycles. The topological polar surface area (TPSA) is 76.2 Å². The van der Waals surface area contributed by atoms with Crippen LogP contribution in [-0.2, 0) is 7.05 Å². The van der Waals surface area contributed by atoms with Gasteiger partial charge in [0.15, 0.2) is 0 Å². The van der Waals surface area contributed by atoms with Crippen molar-refractivity contribution in [2.24, 2.45) is 7.05 Å². The van der Waals surface area contributed by atoms with Gasteiger partial charge < -0.3 is 16.0 Å². The first kappa shape index (κ1) is 10.9. The number of aromatic nitrogens is 2. The van der Waals surface area contributed by atoms with Crippen LogP contribution < -0.4 is 11.1 Å². The Bertz CT molecular complexity index is 380. The molecule has 16 heavy (non-hydrogen) atoms. The van der Waals surface area contributed by atoms with Crippen molar-refractivity contribution in [2.75, 3.05) is 25.9 Å². The molecule has 1 aromatic rings. The molecular weight excluding hydrogens is 206 g/mol. The molecule has 1 aliphatic rings. The lowest BCUT2D eigenvalue weighted by atomic mass is 10.2. The van der Waals surface area contributed by atoms with Gasteiger partial charge in [-0.2, -0.15) is 5.10 Å². The first-order valence-electron chi connectivity index (χ1n) is 5.35. The van der Waals surface area contributed by atoms with Crippen molar-refractivity contribution in [3.63, 3.8) is 0 Å². The second kappa shape index (κ2) is 4.13. The van der Waals surface area contributed by atoms with Gasteiger partial charge in [-0.1, -0.05) is 0 Å². The smallest absolute Gasteiger partial charge is 0.271 e. The van der Waals surface area contributed by atoms with Crippen LogP contribution in [0.3, 0.4) is 0 Å². The number of nitrogens with zero attached hydrogens (tertiary/aromatic N) is 3. The monoisotopic (exact) mass is 223 g/mol. The maximum absolute atomic E-state index is 11.9. The van der Waals surface area contributed by atoms with E-state index in [1.807, 2.05) is 7.05 Å². The highest BCUT2D eigenvalue weighted by atomic mass is 16.2. The summed E-state index contributed by atoms with van der Waals surface area (Å²) in [6, 6.07) is 0.215. The van der Waals surface area contributed by atoms with Gasteiger partial charge in [-0.15, -0.1) is 0 Å². The van der Waals surface area contributed by atoms with E-state index in [9.17, 15) is 4.79 Å². The van der Waals surface area contributed by atoms with Crippen molar-refractivity contribution in [2.45, 2.75) is 12.5 Å². The summed E-state index contributed by atoms with van der Waals surface area (Å²) in [7, 11) is 3.76. The third kappa shape index (κ3) is 2.01. The number of amides is 1. The van der Waals surface area contributed by atoms with E-state index in [0.717, 1.165) is 19.5 Å². The average molecular weight is 223 g/mol. The molecule has 1 amide bonds. The second-order valence-corrected chi connectivity index (χ2v) is 4.29. The van der Waals surface area contributed by atoms with Crippen molar-refractivity contribution >= 4 is 11.6 Å². The van der Waals surface area contributed by atoms with Gasteiger partial charge in [0.05, 0.1) is 11.9 Å². The van der Waals surface area contributed by atoms with Gasteiger partial charge in [0, 0.05) is 19.6 Å². The Balaban J connectivity index is 2.03. The van der Waals surface area contributed by atoms with Gasteiger partial charge in [0.25, 0.3) is 5.91 Å². The minimum absolute atomic E-state index is 0.141. The third-order valence-electron chi connectivity index (χ3n) is 2.91. The summed E-state index contributed by atoms with van der Waals surface area (Å²) >= 11 is 0. The lowest BCUT2D eigenvalue weighted by Gasteiger charge is -2.13. The minimum Gasteiger partial charge on any atom is -0.396 e. The summed E-state index contributed by atoms with van der Waals surface area (Å²) < 4.78 is 1.50. The summed E-state index contributed by atoms with van der Waals surface area (Å²) in [5, 5.41) is 6.92. The van der Waals surface area contributed by atoms with Crippen LogP contribution in [-0.4, -0.2) is 46.8 Å². The SMILES string of the molecule is CN1CCC(NC(=O)c2c(N)cnn2C)C1. The first-order chi connectivity index (χ1) is 7.58. The molecule has 0 aliphatic carbocycles. The number of hydrogen-bond donors (Lipinski definition) is 2. The quantitative estimate of drug-likeness (QED) is 0.704. The predicted molar refractivity (Wildman–Crippen MR) is 61.0 cm³/mol. The van der Waals surface area contributed by atoms with Crippen molar-refractivity contribution in [1.82, 2.24) is 20.0 Å². The second-order valence-electron chi connectivity index (χ2n) is 4.29. The highest BCUT2D eigenvalue weighted by molar-refractivity contribution is 5.97. The molecule has 6 nitrogen and oxygen atoms in total. The number of likely N-dealkylation sites (N-methyl/N-ethyl adjacent to an activating group) is 1. The van der Waals surface area contributed by atoms with E-state index in [-0.39, 0.29) is 11.9 Å². The van der Waals surface area contributed by atoms with E-state index in [4.69, 9.17) is 5.73 Å². The maximum atomic E-state index is 11.9. The van der Waals surface area contributed by atoms with Gasteiger partial charge in [0.2, 0.25) is 0 Å². The van der Waals surface area contributed by atoms with Crippen LogP contribution in [0.5, 0.6) is 0 Å². The summed E-state index contributed by atoms with van der Waals surface area (Å²) in [6.07, 6.45) is 2.48. The number of carbonyl (C=O) groups is 1. The molecule has 1 aliphatic heterocycles. The summed E-state index contributed by atoms with van der Waals surface area (Å²) in [5.74, 6) is -0.141. The van der Waals surface area contributed by atoms with Gasteiger partial charge in [-0.3, -0.25) is 9.48 Å². The lowest BCUT2D eigenvalue weighted by molar-refractivity contribution is 0.0930. The van der Waals surface area contributed by atoms with Crippen LogP contribution in [0.1, 0.15) is 16.9 Å². The Kier molecular flexibility index (Phi) is 2.82. The molecule has 1 unspecified atom stereocenters. The van der Waals surface area contributed by atoms with E-state index in [1.165, 1.54) is 10.9 Å². The molecule has 0 saturated carbocycles. The number of hydrogen-bond acceptors (Lipinski definition) is 4. The molecule has 88 valence electrons. The van der Waals surface area contributed by atoms with Gasteiger partial charge in [0.1, 0.15) is 5.69 Å². The first-order valence-corrected chi connectivity index (χ1v) is 5.35. The van der Waals surface area contributed by atoms with Gasteiger partial charge in [-0.25, -0.2) is 0 Å². The Morgan fingerprint density at radius 1 is 1.62 bits per heavy atom. The standard InChI is InChI=1S/C10H17N5O/c1-14-4-3-7(6-14)13-10(16)9-8(11)5-12-15(9)2/h5,7H,3-4,6,11H2,1-2H3,(H,13,16). The number of nitrogen functional groups attached to an aromatic ring is 1. The van der Waals surface area contributed by atoms with Crippen LogP contribution in [0, 0.1) is 0 Å². The van der Waals surface area contributed by atoms with Crippen LogP contribution >= 0.6 is 0 Å². The fourth-order valence-corrected chi connectivity index (χ4v) is 2.04. The zero-order valence-electron chi connectivity index (χ0n) is 9.60. The van der Waals surface area contributed by atoms with E-state index < -0.39 is 0 Å². The normalized spacial score (nSPS) is 21.2. The fourth-order valence-electron chi connectivity index (χ4n) is 2.04. The molecule has 0 aromatic carbocycles. The van der Waals surface area contributed by atoms with Crippen molar-refractivity contribution in [3.8, 4) is 0 Å². The zero-order chi connectivity index (χ0) is 11.7. The largest absolute Gasteiger partial charge is 0.396 e. The Labute approximate surface area is 94.4 Å². The van der Waals surface area contributed by atoms with Crippen molar-refractivity contribution in [1.29, 1.82) is 0 Å². The number of carbonyl (C=O) groups excluding carboxylic acids is 1. The molecule has 1 fully saturated rings. The minimum atomic E-state index is -0.141. The number of nitrogens with two attached hydrogens (primary N) is 1. The molecule has 6 heteroatoms. The van der Waals surface area contributed by atoms with Crippen LogP contribution in [0.25, 0.3) is 0 Å². The van der Waals surface area contributed by atoms with Crippen molar-refractivity contribution < 1.29 is 4.79 Å². The fraction of sp³-hybridized carbons (Fsp3) is 0.600. The van der Waals surface area contributed by atoms with Crippen LogP contribution in [0.15, 0.2) is 6.20 Å². The Hall–Kier alpha value is -1.56. The van der Waals surface area contributed by atoms with E-state index in [0.29, 0.717) is 11.4 Å². The number of anilines is 1. The maximum Gasteiger partial charge on any atom is 0.271 e. The Morgan fingerprint density at radius 2 is 2.38 bits per heavy atom. The van der Waals surface area contributed by atoms with E-state index in [1.54, 1.807) is 7.05 Å². The third-order valence-corrected chi connectivity index (χ3v) is 2.91. The highest BCUT2D eigenvalue weighted by Gasteiger charge is 2.23. The molecule has 0 radical (unpaired) electrons. The average Bonchev–Trinajstić information content (AvgIpc) is 2.74. The van der Waals surface area contributed by atoms with E-state index in [2.05, 4.69) is 15.3 Å². The highest BCUT2D eigenvalue weighted by Crippen LogP contribution is 2.11. The van der Waals surface area contributed by atoms with E-state index >= 15 is 0 Å². The number of rotatable bonds is 2. The summed E-state index contributed by atoms with van der Waals surface area (Å²) in [5.41, 5.74) is 6.55. The molecule has 3 N–H and O–H groups in total. The Morgan fingerprint density at radius 3 is 2.88 bits per heavy atom. The molecule has 2 rings (SSSR count). The number of aryl methyl sites for hydroxylation is 1. The molecule has 0 bridgehead atoms. The zero-order valence-corrected chi connectivity index (χ0v) is 9.60. The molecule has 1 saturated heterocycles. The number of likely N-dealkylation sites (tertiary alicyclic amines) is 1. The lowest BCUT2D eigenvalue weighted by Crippen LogP contribution is -2.37. The summed E-state index contributed by atoms with van der Waals surface area (Å²) in [4.78, 5) is 14.1. The molecular formula is C10H17N5O. The van der Waals surface area contributed by atoms with Gasteiger partial charge >= 0.3 is 0 Å². The summed E-state index contributed by atoms with van der Waals surface area (Å²) in [6.45, 7) is 1.91. The predicted octanol–water partition coefficient (Wildman–Crippen LogP) is -0.564. The van der Waals surface area contributed by atoms with Crippen LogP contribution in [0.4, 0.5) is 5.69 Å². The molecule has 0 spiro atoms. The molecule has 1 atom stereocenters. The molecule has 1 aromatic heterocycles. The van der Waals surface area contributed by atoms with Gasteiger partial charge in [-0.05, 0) is 20.0 Å². The van der Waals surface area contributed by atoms with Crippen LogP contribution in [0.2, 0.25) is 0 Å². The van der Waals surface area contributed by atoms with Crippen molar-refractivity contribution in [3.05, 3.63) is 11.9 Å². The number of nitrogens with one attached hydrogen (secondary N) is 1.